The summed E-state index contributed by atoms with van der Waals surface area (Å²) in [4.78, 5) is 17.0. The molecule has 0 saturated carbocycles. The number of aryl methyl sites for hydroxylation is 1. The molecule has 5 nitrogen and oxygen atoms in total. The Bertz CT molecular complexity index is 1310. The molecule has 0 unspecified atom stereocenters. The molecule has 0 aliphatic heterocycles. The number of anilines is 1. The van der Waals surface area contributed by atoms with Crippen molar-refractivity contribution in [3.63, 3.8) is 0 Å². The van der Waals surface area contributed by atoms with Crippen molar-refractivity contribution in [2.45, 2.75) is 13.3 Å². The average Bonchev–Trinajstić information content (AvgIpc) is 3.24. The number of hydrogen-bond donors (Lipinski definition) is 2. The lowest BCUT2D eigenvalue weighted by molar-refractivity contribution is 0.985. The first-order chi connectivity index (χ1) is 15.3. The summed E-state index contributed by atoms with van der Waals surface area (Å²) >= 11 is 0. The van der Waals surface area contributed by atoms with E-state index in [4.69, 9.17) is 4.98 Å². The van der Waals surface area contributed by atoms with Gasteiger partial charge >= 0.3 is 0 Å². The Hall–Kier alpha value is -3.99. The molecule has 0 atom stereocenters. The minimum absolute atomic E-state index is 0.630. The Kier molecular flexibility index (Phi) is 5.15. The topological polar surface area (TPSA) is 66.5 Å². The molecule has 0 bridgehead atoms. The first-order valence-electron chi connectivity index (χ1n) is 10.4. The Morgan fingerprint density at radius 1 is 0.903 bits per heavy atom. The molecule has 5 aromatic rings. The second-order valence-electron chi connectivity index (χ2n) is 7.62. The van der Waals surface area contributed by atoms with Crippen molar-refractivity contribution >= 4 is 17.0 Å². The molecule has 0 fully saturated rings. The number of nitrogens with zero attached hydrogens (tertiary/aromatic N) is 3. The van der Waals surface area contributed by atoms with Crippen LogP contribution in [0.25, 0.3) is 33.4 Å². The van der Waals surface area contributed by atoms with Crippen molar-refractivity contribution in [3.05, 3.63) is 96.4 Å². The smallest absolute Gasteiger partial charge is 0.223 e. The lowest BCUT2D eigenvalue weighted by Crippen LogP contribution is -2.08. The van der Waals surface area contributed by atoms with Crippen molar-refractivity contribution in [3.8, 4) is 22.4 Å². The molecular formula is C26H23N5. The van der Waals surface area contributed by atoms with Gasteiger partial charge in [-0.15, -0.1) is 0 Å². The molecule has 0 aliphatic rings. The SMILES string of the molecule is Cc1ccc(-c2cnc3[nH]cc(-c4ccnc(NCCc5ccccc5)n4)c3c2)cc1. The van der Waals surface area contributed by atoms with Gasteiger partial charge in [-0.2, -0.15) is 0 Å². The molecule has 0 aliphatic carbocycles. The highest BCUT2D eigenvalue weighted by Crippen LogP contribution is 2.30. The quantitative estimate of drug-likeness (QED) is 0.383. The van der Waals surface area contributed by atoms with Crippen molar-refractivity contribution in [2.75, 3.05) is 11.9 Å². The monoisotopic (exact) mass is 405 g/mol. The van der Waals surface area contributed by atoms with E-state index in [0.717, 1.165) is 46.4 Å². The Balaban J connectivity index is 1.40. The van der Waals surface area contributed by atoms with Gasteiger partial charge < -0.3 is 10.3 Å². The summed E-state index contributed by atoms with van der Waals surface area (Å²) in [5.41, 5.74) is 7.51. The summed E-state index contributed by atoms with van der Waals surface area (Å²) < 4.78 is 0. The van der Waals surface area contributed by atoms with E-state index in [1.807, 2.05) is 24.5 Å². The van der Waals surface area contributed by atoms with Gasteiger partial charge in [0.15, 0.2) is 0 Å². The fraction of sp³-hybridized carbons (Fsp3) is 0.115. The molecule has 0 radical (unpaired) electrons. The van der Waals surface area contributed by atoms with Crippen LogP contribution in [0.3, 0.4) is 0 Å². The molecule has 2 aromatic carbocycles. The zero-order chi connectivity index (χ0) is 21.0. The van der Waals surface area contributed by atoms with Gasteiger partial charge in [0.1, 0.15) is 5.65 Å². The van der Waals surface area contributed by atoms with E-state index in [2.05, 4.69) is 81.8 Å². The van der Waals surface area contributed by atoms with E-state index >= 15 is 0 Å². The Morgan fingerprint density at radius 2 is 1.74 bits per heavy atom. The molecule has 3 aromatic heterocycles. The van der Waals surface area contributed by atoms with Crippen LogP contribution in [0.1, 0.15) is 11.1 Å². The molecule has 2 N–H and O–H groups in total. The summed E-state index contributed by atoms with van der Waals surface area (Å²) in [6.07, 6.45) is 6.59. The summed E-state index contributed by atoms with van der Waals surface area (Å²) in [6.45, 7) is 2.87. The zero-order valence-electron chi connectivity index (χ0n) is 17.3. The fourth-order valence-corrected chi connectivity index (χ4v) is 3.68. The number of benzene rings is 2. The third-order valence-electron chi connectivity index (χ3n) is 5.39. The second-order valence-corrected chi connectivity index (χ2v) is 7.62. The van der Waals surface area contributed by atoms with Crippen LogP contribution in [0.2, 0.25) is 0 Å². The second kappa shape index (κ2) is 8.40. The maximum absolute atomic E-state index is 4.74. The molecule has 3 heterocycles. The number of fused-ring (bicyclic) bond motifs is 1. The zero-order valence-corrected chi connectivity index (χ0v) is 17.3. The molecule has 5 rings (SSSR count). The maximum Gasteiger partial charge on any atom is 0.223 e. The van der Waals surface area contributed by atoms with E-state index in [0.29, 0.717) is 5.95 Å². The van der Waals surface area contributed by atoms with E-state index < -0.39 is 0 Å². The lowest BCUT2D eigenvalue weighted by Gasteiger charge is -2.07. The van der Waals surface area contributed by atoms with Crippen LogP contribution >= 0.6 is 0 Å². The first-order valence-corrected chi connectivity index (χ1v) is 10.4. The third-order valence-corrected chi connectivity index (χ3v) is 5.39. The number of H-pyrrole nitrogens is 1. The van der Waals surface area contributed by atoms with Crippen molar-refractivity contribution in [1.29, 1.82) is 0 Å². The van der Waals surface area contributed by atoms with Gasteiger partial charge in [-0.3, -0.25) is 0 Å². The van der Waals surface area contributed by atoms with Gasteiger partial charge in [0.05, 0.1) is 5.69 Å². The van der Waals surface area contributed by atoms with Crippen LogP contribution in [0.4, 0.5) is 5.95 Å². The molecule has 0 saturated heterocycles. The number of aromatic amines is 1. The molecule has 31 heavy (non-hydrogen) atoms. The summed E-state index contributed by atoms with van der Waals surface area (Å²) in [5, 5.41) is 4.39. The highest BCUT2D eigenvalue weighted by Gasteiger charge is 2.11. The van der Waals surface area contributed by atoms with Gasteiger partial charge in [-0.25, -0.2) is 15.0 Å². The fourth-order valence-electron chi connectivity index (χ4n) is 3.68. The van der Waals surface area contributed by atoms with Crippen molar-refractivity contribution < 1.29 is 0 Å². The van der Waals surface area contributed by atoms with Gasteiger partial charge in [0, 0.05) is 41.6 Å². The van der Waals surface area contributed by atoms with Crippen LogP contribution in [-0.2, 0) is 6.42 Å². The highest BCUT2D eigenvalue weighted by molar-refractivity contribution is 5.95. The van der Waals surface area contributed by atoms with Gasteiger partial charge in [-0.1, -0.05) is 60.2 Å². The Morgan fingerprint density at radius 3 is 2.58 bits per heavy atom. The van der Waals surface area contributed by atoms with E-state index in [1.165, 1.54) is 11.1 Å². The van der Waals surface area contributed by atoms with Gasteiger partial charge in [0.2, 0.25) is 5.95 Å². The predicted molar refractivity (Wildman–Crippen MR) is 126 cm³/mol. The maximum atomic E-state index is 4.74. The van der Waals surface area contributed by atoms with Crippen LogP contribution in [-0.4, -0.2) is 26.5 Å². The third kappa shape index (κ3) is 4.16. The molecular weight excluding hydrogens is 382 g/mol. The normalized spacial score (nSPS) is 11.0. The number of aromatic nitrogens is 4. The number of rotatable bonds is 6. The molecule has 0 spiro atoms. The van der Waals surface area contributed by atoms with E-state index in [1.54, 1.807) is 6.20 Å². The van der Waals surface area contributed by atoms with Crippen LogP contribution in [0, 0.1) is 6.92 Å². The van der Waals surface area contributed by atoms with E-state index in [-0.39, 0.29) is 0 Å². The molecule has 0 amide bonds. The van der Waals surface area contributed by atoms with Gasteiger partial charge in [0.25, 0.3) is 0 Å². The minimum atomic E-state index is 0.630. The summed E-state index contributed by atoms with van der Waals surface area (Å²) in [6, 6.07) is 23.0. The van der Waals surface area contributed by atoms with Crippen LogP contribution in [0.5, 0.6) is 0 Å². The predicted octanol–water partition coefficient (Wildman–Crippen LogP) is 5.65. The first kappa shape index (κ1) is 19.0. The number of pyridine rings is 1. The van der Waals surface area contributed by atoms with Gasteiger partial charge in [-0.05, 0) is 36.6 Å². The number of hydrogen-bond acceptors (Lipinski definition) is 4. The standard InChI is InChI=1S/C26H23N5/c1-18-7-9-20(10-8-18)21-15-22-23(17-30-25(22)29-16-21)24-12-14-28-26(31-24)27-13-11-19-5-3-2-4-6-19/h2-10,12,14-17H,11,13H2,1H3,(H,29,30)(H,27,28,31). The average molecular weight is 406 g/mol. The molecule has 152 valence electrons. The Labute approximate surface area is 181 Å². The summed E-state index contributed by atoms with van der Waals surface area (Å²) in [7, 11) is 0. The largest absolute Gasteiger partial charge is 0.354 e. The number of nitrogens with one attached hydrogen (secondary N) is 2. The van der Waals surface area contributed by atoms with Crippen LogP contribution < -0.4 is 5.32 Å². The molecule has 5 heteroatoms. The lowest BCUT2D eigenvalue weighted by atomic mass is 10.0. The van der Waals surface area contributed by atoms with Crippen molar-refractivity contribution in [1.82, 2.24) is 19.9 Å². The minimum Gasteiger partial charge on any atom is -0.354 e. The van der Waals surface area contributed by atoms with E-state index in [9.17, 15) is 0 Å². The van der Waals surface area contributed by atoms with Crippen molar-refractivity contribution in [2.24, 2.45) is 0 Å². The summed E-state index contributed by atoms with van der Waals surface area (Å²) in [5.74, 6) is 0.630. The highest BCUT2D eigenvalue weighted by atomic mass is 15.1. The van der Waals surface area contributed by atoms with Crippen LogP contribution in [0.15, 0.2) is 85.3 Å².